The van der Waals surface area contributed by atoms with Crippen LogP contribution in [0.1, 0.15) is 45.1 Å². The molecule has 0 bridgehead atoms. The lowest BCUT2D eigenvalue weighted by molar-refractivity contribution is 0.594. The number of allylic oxidation sites excluding steroid dienone is 13. The summed E-state index contributed by atoms with van der Waals surface area (Å²) in [6.07, 6.45) is 21.4. The molecular weight excluding hydrogens is 351 g/mol. The van der Waals surface area contributed by atoms with E-state index in [0.29, 0.717) is 0 Å². The van der Waals surface area contributed by atoms with Gasteiger partial charge in [-0.2, -0.15) is 0 Å². The smallest absolute Gasteiger partial charge is 0.321 e. The van der Waals surface area contributed by atoms with Gasteiger partial charge in [0.15, 0.2) is 0 Å². The predicted octanol–water partition coefficient (Wildman–Crippen LogP) is 6.50. The van der Waals surface area contributed by atoms with Gasteiger partial charge in [0.1, 0.15) is 0 Å². The maximum atomic E-state index is 9.31. The molecule has 29 heavy (non-hydrogen) atoms. The number of hydrogen-bond acceptors (Lipinski definition) is 1. The average Bonchev–Trinajstić information content (AvgIpc) is 2.90. The van der Waals surface area contributed by atoms with Crippen molar-refractivity contribution in [3.63, 3.8) is 0 Å². The van der Waals surface area contributed by atoms with Crippen LogP contribution in [0.3, 0.4) is 0 Å². The molecule has 2 aliphatic carbocycles. The van der Waals surface area contributed by atoms with Crippen LogP contribution in [-0.2, 0) is 5.41 Å². The second-order valence-corrected chi connectivity index (χ2v) is 7.69. The van der Waals surface area contributed by atoms with E-state index >= 15 is 0 Å². The van der Waals surface area contributed by atoms with Crippen molar-refractivity contribution in [2.45, 2.75) is 44.9 Å². The SMILES string of the molecule is C=CCC/C(=C\C)C1(c2ccccc2)CC(=CC=C(C)[B]O)C2=C1C=CCC=C2. The molecule has 1 atom stereocenters. The molecule has 3 rings (SSSR count). The molecule has 0 saturated carbocycles. The van der Waals surface area contributed by atoms with Crippen molar-refractivity contribution in [1.82, 2.24) is 0 Å². The summed E-state index contributed by atoms with van der Waals surface area (Å²) in [5.41, 5.74) is 7.45. The van der Waals surface area contributed by atoms with E-state index in [9.17, 15) is 5.02 Å². The minimum atomic E-state index is -0.171. The molecule has 0 heterocycles. The predicted molar refractivity (Wildman–Crippen MR) is 126 cm³/mol. The van der Waals surface area contributed by atoms with Crippen molar-refractivity contribution >= 4 is 7.48 Å². The van der Waals surface area contributed by atoms with Crippen molar-refractivity contribution in [3.05, 3.63) is 119 Å². The maximum Gasteiger partial charge on any atom is 0.321 e. The van der Waals surface area contributed by atoms with E-state index in [1.165, 1.54) is 27.9 Å². The van der Waals surface area contributed by atoms with Crippen molar-refractivity contribution in [2.75, 3.05) is 0 Å². The number of rotatable bonds is 7. The Bertz CT molecular complexity index is 925. The Balaban J connectivity index is 2.26. The van der Waals surface area contributed by atoms with Crippen LogP contribution in [0.4, 0.5) is 0 Å². The summed E-state index contributed by atoms with van der Waals surface area (Å²) in [7, 11) is 1.16. The molecule has 1 nitrogen and oxygen atoms in total. The summed E-state index contributed by atoms with van der Waals surface area (Å²) in [4.78, 5) is 0. The molecule has 1 aromatic rings. The highest BCUT2D eigenvalue weighted by Gasteiger charge is 2.45. The fraction of sp³-hybridized carbons (Fsp3) is 0.259. The largest absolute Gasteiger partial charge is 0.450 e. The summed E-state index contributed by atoms with van der Waals surface area (Å²) in [5.74, 6) is 0. The lowest BCUT2D eigenvalue weighted by Crippen LogP contribution is -2.28. The molecule has 1 radical (unpaired) electrons. The average molecular weight is 381 g/mol. The summed E-state index contributed by atoms with van der Waals surface area (Å²) >= 11 is 0. The molecule has 147 valence electrons. The van der Waals surface area contributed by atoms with Crippen LogP contribution in [0.25, 0.3) is 0 Å². The zero-order chi connectivity index (χ0) is 20.7. The van der Waals surface area contributed by atoms with Crippen LogP contribution in [0.5, 0.6) is 0 Å². The summed E-state index contributed by atoms with van der Waals surface area (Å²) < 4.78 is 0. The highest BCUT2D eigenvalue weighted by Crippen LogP contribution is 2.55. The van der Waals surface area contributed by atoms with Gasteiger partial charge in [0, 0.05) is 5.41 Å². The third kappa shape index (κ3) is 4.23. The Hall–Kier alpha value is -2.58. The molecule has 0 saturated heterocycles. The van der Waals surface area contributed by atoms with E-state index in [0.717, 1.165) is 38.6 Å². The molecule has 1 unspecified atom stereocenters. The lowest BCUT2D eigenvalue weighted by atomic mass is 9.67. The second kappa shape index (κ2) is 9.76. The van der Waals surface area contributed by atoms with Crippen molar-refractivity contribution in [3.8, 4) is 0 Å². The van der Waals surface area contributed by atoms with E-state index in [-0.39, 0.29) is 5.41 Å². The standard InChI is InChI=1S/C27H30BO/c1-4-6-13-23(5-2)27(24-14-9-7-10-15-24)20-22(19-18-21(3)28-29)25-16-11-8-12-17-26(25)27/h4-5,7,9-12,14-19,29H,1,6,8,13,20H2,2-3H3/b21-18?,22-19?,23-5+. The van der Waals surface area contributed by atoms with Gasteiger partial charge in [0.25, 0.3) is 0 Å². The lowest BCUT2D eigenvalue weighted by Gasteiger charge is -2.35. The van der Waals surface area contributed by atoms with Crippen LogP contribution in [0, 0.1) is 0 Å². The summed E-state index contributed by atoms with van der Waals surface area (Å²) in [6, 6.07) is 10.9. The molecule has 2 heteroatoms. The van der Waals surface area contributed by atoms with E-state index in [1.807, 2.05) is 19.1 Å². The Morgan fingerprint density at radius 1 is 1.21 bits per heavy atom. The van der Waals surface area contributed by atoms with Gasteiger partial charge in [-0.15, -0.1) is 6.58 Å². The van der Waals surface area contributed by atoms with E-state index in [1.54, 1.807) is 0 Å². The van der Waals surface area contributed by atoms with E-state index < -0.39 is 0 Å². The van der Waals surface area contributed by atoms with Crippen LogP contribution in [-0.4, -0.2) is 12.5 Å². The molecule has 1 N–H and O–H groups in total. The molecule has 0 aromatic heterocycles. The molecule has 0 aliphatic heterocycles. The fourth-order valence-electron chi connectivity index (χ4n) is 4.50. The van der Waals surface area contributed by atoms with Crippen LogP contribution >= 0.6 is 0 Å². The topological polar surface area (TPSA) is 20.2 Å². The molecular formula is C27H30BO. The first-order valence-electron chi connectivity index (χ1n) is 10.4. The van der Waals surface area contributed by atoms with Gasteiger partial charge in [-0.25, -0.2) is 0 Å². The van der Waals surface area contributed by atoms with Gasteiger partial charge in [-0.05, 0) is 61.8 Å². The fourth-order valence-corrected chi connectivity index (χ4v) is 4.50. The van der Waals surface area contributed by atoms with E-state index in [4.69, 9.17) is 0 Å². The van der Waals surface area contributed by atoms with Crippen molar-refractivity contribution in [1.29, 1.82) is 0 Å². The second-order valence-electron chi connectivity index (χ2n) is 7.69. The third-order valence-electron chi connectivity index (χ3n) is 5.92. The van der Waals surface area contributed by atoms with Crippen molar-refractivity contribution < 1.29 is 5.02 Å². The molecule has 2 aliphatic rings. The van der Waals surface area contributed by atoms with Gasteiger partial charge in [-0.3, -0.25) is 0 Å². The Kier molecular flexibility index (Phi) is 7.11. The van der Waals surface area contributed by atoms with Crippen molar-refractivity contribution in [2.24, 2.45) is 0 Å². The number of benzene rings is 1. The summed E-state index contributed by atoms with van der Waals surface area (Å²) in [6.45, 7) is 8.02. The molecule has 0 amide bonds. The first kappa shape index (κ1) is 21.1. The normalized spacial score (nSPS) is 23.3. The minimum absolute atomic E-state index is 0.171. The highest BCUT2D eigenvalue weighted by molar-refractivity contribution is 6.36. The quantitative estimate of drug-likeness (QED) is 0.422. The van der Waals surface area contributed by atoms with Crippen LogP contribution in [0.15, 0.2) is 113 Å². The molecule has 0 fully saturated rings. The van der Waals surface area contributed by atoms with Crippen LogP contribution < -0.4 is 0 Å². The monoisotopic (exact) mass is 381 g/mol. The number of hydrogen-bond donors (Lipinski definition) is 1. The van der Waals surface area contributed by atoms with Gasteiger partial charge in [0.05, 0.1) is 0 Å². The Labute approximate surface area is 176 Å². The molecule has 0 spiro atoms. The van der Waals surface area contributed by atoms with Crippen LogP contribution in [0.2, 0.25) is 0 Å². The van der Waals surface area contributed by atoms with Gasteiger partial charge in [0.2, 0.25) is 0 Å². The third-order valence-corrected chi connectivity index (χ3v) is 5.92. The zero-order valence-electron chi connectivity index (χ0n) is 17.6. The Morgan fingerprint density at radius 3 is 2.66 bits per heavy atom. The minimum Gasteiger partial charge on any atom is -0.450 e. The zero-order valence-corrected chi connectivity index (χ0v) is 17.6. The van der Waals surface area contributed by atoms with E-state index in [2.05, 4.69) is 80.3 Å². The Morgan fingerprint density at radius 2 is 1.97 bits per heavy atom. The van der Waals surface area contributed by atoms with Gasteiger partial charge in [-0.1, -0.05) is 90.0 Å². The first-order chi connectivity index (χ1) is 14.2. The first-order valence-corrected chi connectivity index (χ1v) is 10.4. The maximum absolute atomic E-state index is 9.31. The van der Waals surface area contributed by atoms with Gasteiger partial charge < -0.3 is 5.02 Å². The summed E-state index contributed by atoms with van der Waals surface area (Å²) in [5, 5.41) is 9.31. The van der Waals surface area contributed by atoms with Gasteiger partial charge >= 0.3 is 7.48 Å². The highest BCUT2D eigenvalue weighted by atomic mass is 16.2. The molecule has 1 aromatic carbocycles.